The number of hydrogen-bond acceptors (Lipinski definition) is 4. The lowest BCUT2D eigenvalue weighted by Crippen LogP contribution is -2.25. The van der Waals surface area contributed by atoms with Gasteiger partial charge in [0, 0.05) is 13.1 Å². The van der Waals surface area contributed by atoms with Gasteiger partial charge in [-0.15, -0.1) is 0 Å². The van der Waals surface area contributed by atoms with E-state index in [2.05, 4.69) is 4.98 Å². The Morgan fingerprint density at radius 3 is 2.69 bits per heavy atom. The van der Waals surface area contributed by atoms with Crippen LogP contribution in [0.4, 0.5) is 6.01 Å². The summed E-state index contributed by atoms with van der Waals surface area (Å²) in [5.41, 5.74) is -0.0671. The second kappa shape index (κ2) is 3.47. The van der Waals surface area contributed by atoms with Crippen molar-refractivity contribution in [2.24, 2.45) is 0 Å². The van der Waals surface area contributed by atoms with E-state index < -0.39 is 5.97 Å². The van der Waals surface area contributed by atoms with E-state index in [-0.39, 0.29) is 11.7 Å². The Morgan fingerprint density at radius 2 is 2.31 bits per heavy atom. The van der Waals surface area contributed by atoms with Gasteiger partial charge in [-0.05, 0) is 13.8 Å². The fraction of sp³-hybridized carbons (Fsp3) is 0.500. The third-order valence-electron chi connectivity index (χ3n) is 1.79. The molecule has 0 aliphatic heterocycles. The minimum absolute atomic E-state index is 0.0671. The Kier molecular flexibility index (Phi) is 2.55. The number of anilines is 1. The van der Waals surface area contributed by atoms with Crippen LogP contribution < -0.4 is 4.90 Å². The molecule has 0 aromatic carbocycles. The third kappa shape index (κ3) is 1.99. The van der Waals surface area contributed by atoms with Gasteiger partial charge in [0.1, 0.15) is 6.26 Å². The van der Waals surface area contributed by atoms with Crippen molar-refractivity contribution in [3.63, 3.8) is 0 Å². The smallest absolute Gasteiger partial charge is 0.357 e. The number of carbonyl (C=O) groups is 1. The molecule has 0 unspecified atom stereocenters. The monoisotopic (exact) mass is 184 g/mol. The van der Waals surface area contributed by atoms with E-state index in [4.69, 9.17) is 9.52 Å². The van der Waals surface area contributed by atoms with E-state index in [1.165, 1.54) is 0 Å². The molecule has 0 aliphatic carbocycles. The second-order valence-electron chi connectivity index (χ2n) is 3.03. The first-order valence-electron chi connectivity index (χ1n) is 3.94. The zero-order chi connectivity index (χ0) is 10.0. The fourth-order valence-electron chi connectivity index (χ4n) is 0.745. The van der Waals surface area contributed by atoms with Crippen molar-refractivity contribution in [3.05, 3.63) is 12.0 Å². The number of hydrogen-bond donors (Lipinski definition) is 1. The molecule has 0 fully saturated rings. The number of carboxylic acids is 1. The quantitative estimate of drug-likeness (QED) is 0.764. The van der Waals surface area contributed by atoms with Gasteiger partial charge in [0.05, 0.1) is 0 Å². The Labute approximate surface area is 76.0 Å². The molecule has 0 amide bonds. The first kappa shape index (κ1) is 9.57. The van der Waals surface area contributed by atoms with Crippen LogP contribution in [0.1, 0.15) is 24.3 Å². The van der Waals surface area contributed by atoms with Crippen LogP contribution in [-0.4, -0.2) is 29.1 Å². The largest absolute Gasteiger partial charge is 0.476 e. The van der Waals surface area contributed by atoms with Gasteiger partial charge in [-0.25, -0.2) is 4.79 Å². The minimum Gasteiger partial charge on any atom is -0.476 e. The van der Waals surface area contributed by atoms with E-state index in [1.54, 1.807) is 11.9 Å². The van der Waals surface area contributed by atoms with Crippen molar-refractivity contribution in [1.29, 1.82) is 0 Å². The molecule has 5 heteroatoms. The van der Waals surface area contributed by atoms with Crippen molar-refractivity contribution in [3.8, 4) is 0 Å². The molecule has 1 aromatic rings. The molecule has 0 radical (unpaired) electrons. The Balaban J connectivity index is 2.85. The van der Waals surface area contributed by atoms with Crippen molar-refractivity contribution >= 4 is 12.0 Å². The maximum Gasteiger partial charge on any atom is 0.357 e. The zero-order valence-electron chi connectivity index (χ0n) is 7.81. The molecular formula is C8H12N2O3. The molecule has 0 bridgehead atoms. The van der Waals surface area contributed by atoms with Crippen molar-refractivity contribution in [2.75, 3.05) is 11.9 Å². The summed E-state index contributed by atoms with van der Waals surface area (Å²) in [7, 11) is 1.79. The average Bonchev–Trinajstić information content (AvgIpc) is 2.50. The number of rotatable bonds is 3. The molecule has 5 nitrogen and oxygen atoms in total. The van der Waals surface area contributed by atoms with Crippen LogP contribution >= 0.6 is 0 Å². The van der Waals surface area contributed by atoms with Gasteiger partial charge in [-0.1, -0.05) is 0 Å². The van der Waals surface area contributed by atoms with E-state index in [0.29, 0.717) is 6.01 Å². The van der Waals surface area contributed by atoms with Gasteiger partial charge < -0.3 is 14.4 Å². The summed E-state index contributed by atoms with van der Waals surface area (Å²) in [6.07, 6.45) is 1.14. The normalized spacial score (nSPS) is 10.5. The summed E-state index contributed by atoms with van der Waals surface area (Å²) in [4.78, 5) is 16.0. The summed E-state index contributed by atoms with van der Waals surface area (Å²) in [5.74, 6) is -1.08. The highest BCUT2D eigenvalue weighted by Gasteiger charge is 2.14. The number of carboxylic acid groups (broad SMARTS) is 1. The van der Waals surface area contributed by atoms with E-state index in [9.17, 15) is 4.79 Å². The maximum absolute atomic E-state index is 10.5. The number of oxazole rings is 1. The van der Waals surface area contributed by atoms with Crippen LogP contribution in [0, 0.1) is 0 Å². The van der Waals surface area contributed by atoms with E-state index in [0.717, 1.165) is 6.26 Å². The summed E-state index contributed by atoms with van der Waals surface area (Å²) in [6.45, 7) is 3.93. The molecule has 0 spiro atoms. The molecule has 0 saturated carbocycles. The molecule has 1 N–H and O–H groups in total. The van der Waals surface area contributed by atoms with Crippen LogP contribution in [0.15, 0.2) is 10.7 Å². The lowest BCUT2D eigenvalue weighted by atomic mass is 10.4. The number of nitrogens with zero attached hydrogens (tertiary/aromatic N) is 2. The maximum atomic E-state index is 10.5. The summed E-state index contributed by atoms with van der Waals surface area (Å²) in [6, 6.07) is 0.549. The van der Waals surface area contributed by atoms with Gasteiger partial charge in [-0.3, -0.25) is 0 Å². The molecule has 0 saturated heterocycles. The highest BCUT2D eigenvalue weighted by molar-refractivity contribution is 5.85. The highest BCUT2D eigenvalue weighted by Crippen LogP contribution is 2.13. The Morgan fingerprint density at radius 1 is 1.69 bits per heavy atom. The minimum atomic E-state index is -1.08. The van der Waals surface area contributed by atoms with Gasteiger partial charge >= 0.3 is 5.97 Å². The van der Waals surface area contributed by atoms with Crippen molar-refractivity contribution < 1.29 is 14.3 Å². The SMILES string of the molecule is CC(C)N(C)c1nc(C(=O)O)co1. The first-order chi connectivity index (χ1) is 6.02. The van der Waals surface area contributed by atoms with Crippen LogP contribution in [0.25, 0.3) is 0 Å². The lowest BCUT2D eigenvalue weighted by molar-refractivity contribution is 0.0690. The van der Waals surface area contributed by atoms with Crippen LogP contribution in [0.3, 0.4) is 0 Å². The molecule has 0 aliphatic rings. The molecule has 1 rings (SSSR count). The Bertz CT molecular complexity index is 306. The average molecular weight is 184 g/mol. The molecule has 1 aromatic heterocycles. The van der Waals surface area contributed by atoms with Gasteiger partial charge in [0.15, 0.2) is 5.69 Å². The predicted octanol–water partition coefficient (Wildman–Crippen LogP) is 1.22. The summed E-state index contributed by atoms with van der Waals surface area (Å²) < 4.78 is 4.98. The van der Waals surface area contributed by atoms with Crippen LogP contribution in [0.5, 0.6) is 0 Å². The van der Waals surface area contributed by atoms with Gasteiger partial charge in [0.2, 0.25) is 0 Å². The van der Waals surface area contributed by atoms with E-state index in [1.807, 2.05) is 13.8 Å². The number of aromatic carboxylic acids is 1. The number of aromatic nitrogens is 1. The second-order valence-corrected chi connectivity index (χ2v) is 3.03. The first-order valence-corrected chi connectivity index (χ1v) is 3.94. The fourth-order valence-corrected chi connectivity index (χ4v) is 0.745. The zero-order valence-corrected chi connectivity index (χ0v) is 7.81. The molecule has 72 valence electrons. The summed E-state index contributed by atoms with van der Waals surface area (Å²) >= 11 is 0. The topological polar surface area (TPSA) is 66.6 Å². The molecule has 13 heavy (non-hydrogen) atoms. The third-order valence-corrected chi connectivity index (χ3v) is 1.79. The van der Waals surface area contributed by atoms with Crippen molar-refractivity contribution in [2.45, 2.75) is 19.9 Å². The predicted molar refractivity (Wildman–Crippen MR) is 47.0 cm³/mol. The van der Waals surface area contributed by atoms with Gasteiger partial charge in [0.25, 0.3) is 6.01 Å². The summed E-state index contributed by atoms with van der Waals surface area (Å²) in [5, 5.41) is 8.58. The molecule has 1 heterocycles. The molecular weight excluding hydrogens is 172 g/mol. The standard InChI is InChI=1S/C8H12N2O3/c1-5(2)10(3)8-9-6(4-13-8)7(11)12/h4-5H,1-3H3,(H,11,12). The van der Waals surface area contributed by atoms with Crippen LogP contribution in [-0.2, 0) is 0 Å². The van der Waals surface area contributed by atoms with Crippen LogP contribution in [0.2, 0.25) is 0 Å². The lowest BCUT2D eigenvalue weighted by Gasteiger charge is -2.18. The Hall–Kier alpha value is -1.52. The van der Waals surface area contributed by atoms with E-state index >= 15 is 0 Å². The van der Waals surface area contributed by atoms with Gasteiger partial charge in [-0.2, -0.15) is 4.98 Å². The highest BCUT2D eigenvalue weighted by atomic mass is 16.4. The molecule has 0 atom stereocenters. The van der Waals surface area contributed by atoms with Crippen molar-refractivity contribution in [1.82, 2.24) is 4.98 Å².